The van der Waals surface area contributed by atoms with Gasteiger partial charge in [-0.1, -0.05) is 25.6 Å². The van der Waals surface area contributed by atoms with Gasteiger partial charge in [-0.15, -0.1) is 0 Å². The number of ether oxygens (including phenoxy) is 1. The maximum atomic E-state index is 13.1. The van der Waals surface area contributed by atoms with Gasteiger partial charge in [0.2, 0.25) is 0 Å². The lowest BCUT2D eigenvalue weighted by Crippen LogP contribution is -2.23. The molecule has 6 heteroatoms. The van der Waals surface area contributed by atoms with Gasteiger partial charge in [0.15, 0.2) is 0 Å². The second-order valence-corrected chi connectivity index (χ2v) is 6.71. The SMILES string of the molecule is CCOC(=O)c1cccc(N2C(C(C)C)=C=Cc3cc(C(F)(F)F)ccc32)c1. The van der Waals surface area contributed by atoms with Crippen molar-refractivity contribution in [3.05, 3.63) is 70.6 Å². The molecule has 0 spiro atoms. The molecular weight excluding hydrogens is 367 g/mol. The highest BCUT2D eigenvalue weighted by Gasteiger charge is 2.32. The lowest BCUT2D eigenvalue weighted by atomic mass is 9.99. The average Bonchev–Trinajstić information content (AvgIpc) is 2.66. The van der Waals surface area contributed by atoms with E-state index in [1.807, 2.05) is 18.7 Å². The molecule has 0 aromatic heterocycles. The van der Waals surface area contributed by atoms with Crippen molar-refractivity contribution in [2.24, 2.45) is 5.92 Å². The van der Waals surface area contributed by atoms with E-state index in [2.05, 4.69) is 5.73 Å². The third-order valence-electron chi connectivity index (χ3n) is 4.37. The Kier molecular flexibility index (Phi) is 5.34. The van der Waals surface area contributed by atoms with Crippen molar-refractivity contribution >= 4 is 23.4 Å². The molecule has 0 fully saturated rings. The van der Waals surface area contributed by atoms with E-state index in [4.69, 9.17) is 4.74 Å². The second kappa shape index (κ2) is 7.56. The molecular formula is C22H20F3NO2. The number of carbonyl (C=O) groups is 1. The Bertz CT molecular complexity index is 970. The molecule has 0 unspecified atom stereocenters. The van der Waals surface area contributed by atoms with Gasteiger partial charge >= 0.3 is 12.1 Å². The number of allylic oxidation sites excluding steroid dienone is 1. The zero-order valence-corrected chi connectivity index (χ0v) is 15.8. The molecule has 0 aliphatic carbocycles. The van der Waals surface area contributed by atoms with Gasteiger partial charge in [0, 0.05) is 17.2 Å². The van der Waals surface area contributed by atoms with Gasteiger partial charge in [-0.2, -0.15) is 13.2 Å². The molecule has 0 N–H and O–H groups in total. The fourth-order valence-corrected chi connectivity index (χ4v) is 3.09. The quantitative estimate of drug-likeness (QED) is 0.463. The number of hydrogen-bond acceptors (Lipinski definition) is 3. The summed E-state index contributed by atoms with van der Waals surface area (Å²) < 4.78 is 44.3. The summed E-state index contributed by atoms with van der Waals surface area (Å²) in [6.07, 6.45) is -2.84. The maximum absolute atomic E-state index is 13.1. The number of benzene rings is 2. The van der Waals surface area contributed by atoms with Crippen LogP contribution in [0.1, 0.15) is 42.3 Å². The molecule has 3 nitrogen and oxygen atoms in total. The number of nitrogens with zero attached hydrogens (tertiary/aromatic N) is 1. The molecule has 1 heterocycles. The van der Waals surface area contributed by atoms with E-state index in [-0.39, 0.29) is 12.5 Å². The average molecular weight is 387 g/mol. The summed E-state index contributed by atoms with van der Waals surface area (Å²) in [5.74, 6) is -0.377. The van der Waals surface area contributed by atoms with Crippen LogP contribution >= 0.6 is 0 Å². The number of alkyl halides is 3. The van der Waals surface area contributed by atoms with Crippen molar-refractivity contribution in [3.63, 3.8) is 0 Å². The topological polar surface area (TPSA) is 29.5 Å². The minimum absolute atomic E-state index is 0.0675. The van der Waals surface area contributed by atoms with Crippen molar-refractivity contribution in [1.82, 2.24) is 0 Å². The Morgan fingerprint density at radius 2 is 1.93 bits per heavy atom. The van der Waals surface area contributed by atoms with Gasteiger partial charge in [0.1, 0.15) is 0 Å². The molecule has 0 atom stereocenters. The molecule has 3 rings (SSSR count). The number of esters is 1. The zero-order chi connectivity index (χ0) is 20.5. The van der Waals surface area contributed by atoms with Crippen molar-refractivity contribution in [1.29, 1.82) is 0 Å². The van der Waals surface area contributed by atoms with E-state index in [0.29, 0.717) is 22.5 Å². The van der Waals surface area contributed by atoms with Crippen LogP contribution in [-0.2, 0) is 10.9 Å². The summed E-state index contributed by atoms with van der Waals surface area (Å²) >= 11 is 0. The van der Waals surface area contributed by atoms with Crippen molar-refractivity contribution in [2.75, 3.05) is 11.5 Å². The van der Waals surface area contributed by atoms with E-state index in [9.17, 15) is 18.0 Å². The molecule has 1 aliphatic heterocycles. The Morgan fingerprint density at radius 1 is 1.18 bits per heavy atom. The van der Waals surface area contributed by atoms with Crippen LogP contribution in [0, 0.1) is 5.92 Å². The van der Waals surface area contributed by atoms with Crippen molar-refractivity contribution in [2.45, 2.75) is 26.9 Å². The molecule has 1 aliphatic rings. The predicted octanol–water partition coefficient (Wildman–Crippen LogP) is 6.19. The molecule has 0 amide bonds. The van der Waals surface area contributed by atoms with Crippen LogP contribution in [0.3, 0.4) is 0 Å². The lowest BCUT2D eigenvalue weighted by molar-refractivity contribution is -0.137. The van der Waals surface area contributed by atoms with Crippen molar-refractivity contribution < 1.29 is 22.7 Å². The second-order valence-electron chi connectivity index (χ2n) is 6.71. The molecule has 28 heavy (non-hydrogen) atoms. The van der Waals surface area contributed by atoms with Gasteiger partial charge in [0.25, 0.3) is 0 Å². The van der Waals surface area contributed by atoms with Crippen LogP contribution in [0.2, 0.25) is 0 Å². The summed E-state index contributed by atoms with van der Waals surface area (Å²) in [5, 5.41) is 0. The smallest absolute Gasteiger partial charge is 0.416 e. The third-order valence-corrected chi connectivity index (χ3v) is 4.37. The van der Waals surface area contributed by atoms with Gasteiger partial charge in [0.05, 0.1) is 29.1 Å². The van der Waals surface area contributed by atoms with Crippen LogP contribution in [-0.4, -0.2) is 12.6 Å². The summed E-state index contributed by atoms with van der Waals surface area (Å²) in [4.78, 5) is 13.9. The molecule has 0 bridgehead atoms. The van der Waals surface area contributed by atoms with Gasteiger partial charge in [-0.3, -0.25) is 0 Å². The predicted molar refractivity (Wildman–Crippen MR) is 102 cm³/mol. The largest absolute Gasteiger partial charge is 0.462 e. The molecule has 0 saturated heterocycles. The number of hydrogen-bond donors (Lipinski definition) is 0. The third kappa shape index (κ3) is 3.82. The van der Waals surface area contributed by atoms with Gasteiger partial charge in [-0.25, -0.2) is 4.79 Å². The summed E-state index contributed by atoms with van der Waals surface area (Å²) in [6, 6.07) is 10.5. The first kappa shape index (κ1) is 19.8. The number of fused-ring (bicyclic) bond motifs is 1. The molecule has 2 aromatic carbocycles. The Hall–Kier alpha value is -2.98. The summed E-state index contributed by atoms with van der Waals surface area (Å²) in [7, 11) is 0. The van der Waals surface area contributed by atoms with Crippen LogP contribution in [0.4, 0.5) is 24.5 Å². The molecule has 0 radical (unpaired) electrons. The fraction of sp³-hybridized carbons (Fsp3) is 0.273. The first-order chi connectivity index (χ1) is 13.2. The first-order valence-electron chi connectivity index (χ1n) is 8.97. The van der Waals surface area contributed by atoms with Crippen LogP contribution in [0.5, 0.6) is 0 Å². The monoisotopic (exact) mass is 387 g/mol. The standard InChI is InChI=1S/C22H20F3NO2/c1-4-28-21(27)16-6-5-7-18(13-16)26-19(14(2)3)10-8-15-12-17(22(23,24)25)9-11-20(15)26/h5-9,11-14H,4H2,1-3H3. The fourth-order valence-electron chi connectivity index (χ4n) is 3.09. The van der Waals surface area contributed by atoms with Gasteiger partial charge in [-0.05, 0) is 49.4 Å². The highest BCUT2D eigenvalue weighted by atomic mass is 19.4. The molecule has 0 saturated carbocycles. The minimum Gasteiger partial charge on any atom is -0.462 e. The number of anilines is 2. The number of carbonyl (C=O) groups excluding carboxylic acids is 1. The van der Waals surface area contributed by atoms with E-state index < -0.39 is 17.7 Å². The minimum atomic E-state index is -4.42. The van der Waals surface area contributed by atoms with E-state index >= 15 is 0 Å². The lowest BCUT2D eigenvalue weighted by Gasteiger charge is -2.32. The molecule has 146 valence electrons. The van der Waals surface area contributed by atoms with Crippen molar-refractivity contribution in [3.8, 4) is 0 Å². The van der Waals surface area contributed by atoms with E-state index in [0.717, 1.165) is 17.8 Å². The van der Waals surface area contributed by atoms with Gasteiger partial charge < -0.3 is 9.64 Å². The summed E-state index contributed by atoms with van der Waals surface area (Å²) in [5.41, 5.74) is 5.27. The van der Waals surface area contributed by atoms with E-state index in [1.54, 1.807) is 37.3 Å². The Balaban J connectivity index is 2.14. The highest BCUT2D eigenvalue weighted by Crippen LogP contribution is 2.41. The normalized spacial score (nSPS) is 13.4. The zero-order valence-electron chi connectivity index (χ0n) is 15.8. The van der Waals surface area contributed by atoms with Crippen LogP contribution in [0.15, 0.2) is 53.9 Å². The number of rotatable bonds is 4. The first-order valence-corrected chi connectivity index (χ1v) is 8.97. The Morgan fingerprint density at radius 3 is 2.57 bits per heavy atom. The highest BCUT2D eigenvalue weighted by molar-refractivity contribution is 5.91. The van der Waals surface area contributed by atoms with E-state index in [1.165, 1.54) is 6.07 Å². The van der Waals surface area contributed by atoms with Crippen LogP contribution in [0.25, 0.3) is 6.08 Å². The summed E-state index contributed by atoms with van der Waals surface area (Å²) in [6.45, 7) is 5.95. The maximum Gasteiger partial charge on any atom is 0.416 e. The molecule has 2 aromatic rings. The Labute approximate surface area is 161 Å². The number of halogens is 3. The van der Waals surface area contributed by atoms with Crippen LogP contribution < -0.4 is 4.90 Å².